The summed E-state index contributed by atoms with van der Waals surface area (Å²) < 4.78 is 6.99. The maximum Gasteiger partial charge on any atom is 0.164 e. The summed E-state index contributed by atoms with van der Waals surface area (Å²) >= 11 is 0. The molecule has 1 aliphatic carbocycles. The third-order valence-corrected chi connectivity index (χ3v) is 13.0. The molecule has 0 aliphatic heterocycles. The maximum atomic E-state index is 6.99. The molecule has 9 aromatic carbocycles. The molecule has 0 fully saturated rings. The van der Waals surface area contributed by atoms with Crippen molar-refractivity contribution in [3.63, 3.8) is 0 Å². The molecule has 0 unspecified atom stereocenters. The van der Waals surface area contributed by atoms with Gasteiger partial charge in [-0.1, -0.05) is 208 Å². The zero-order valence-corrected chi connectivity index (χ0v) is 35.5. The lowest BCUT2D eigenvalue weighted by Crippen LogP contribution is -2.14. The summed E-state index contributed by atoms with van der Waals surface area (Å²) in [4.78, 5) is 15.3. The molecule has 64 heavy (non-hydrogen) atoms. The van der Waals surface area contributed by atoms with Crippen LogP contribution < -0.4 is 0 Å². The normalized spacial score (nSPS) is 12.7. The van der Waals surface area contributed by atoms with E-state index in [1.54, 1.807) is 0 Å². The third-order valence-electron chi connectivity index (χ3n) is 13.0. The van der Waals surface area contributed by atoms with Crippen LogP contribution in [0.2, 0.25) is 0 Å². The van der Waals surface area contributed by atoms with Crippen molar-refractivity contribution in [2.75, 3.05) is 0 Å². The number of hydrogen-bond donors (Lipinski definition) is 0. The largest absolute Gasteiger partial charge is 0.455 e. The first-order valence-electron chi connectivity index (χ1n) is 21.8. The van der Waals surface area contributed by atoms with Crippen LogP contribution in [0.4, 0.5) is 0 Å². The van der Waals surface area contributed by atoms with Gasteiger partial charge in [-0.25, -0.2) is 15.0 Å². The summed E-state index contributed by atoms with van der Waals surface area (Å²) in [6, 6.07) is 74.8. The molecule has 0 N–H and O–H groups in total. The van der Waals surface area contributed by atoms with Gasteiger partial charge in [-0.05, 0) is 73.8 Å². The van der Waals surface area contributed by atoms with Crippen molar-refractivity contribution in [2.45, 2.75) is 19.3 Å². The Kier molecular flexibility index (Phi) is 8.80. The number of benzene rings is 9. The van der Waals surface area contributed by atoms with E-state index in [0.717, 1.165) is 72.0 Å². The van der Waals surface area contributed by atoms with Crippen LogP contribution in [0.3, 0.4) is 0 Å². The van der Waals surface area contributed by atoms with Crippen LogP contribution in [0.15, 0.2) is 217 Å². The van der Waals surface area contributed by atoms with E-state index in [1.165, 1.54) is 33.4 Å². The van der Waals surface area contributed by atoms with Crippen LogP contribution in [-0.4, -0.2) is 15.0 Å². The first-order chi connectivity index (χ1) is 31.5. The topological polar surface area (TPSA) is 51.8 Å². The molecule has 4 nitrogen and oxygen atoms in total. The van der Waals surface area contributed by atoms with Gasteiger partial charge in [0.1, 0.15) is 11.2 Å². The Morgan fingerprint density at radius 3 is 1.34 bits per heavy atom. The number of hydrogen-bond acceptors (Lipinski definition) is 4. The molecule has 4 heteroatoms. The average Bonchev–Trinajstić information content (AvgIpc) is 3.86. The van der Waals surface area contributed by atoms with Crippen molar-refractivity contribution >= 4 is 21.9 Å². The lowest BCUT2D eigenvalue weighted by molar-refractivity contribution is 0.660. The van der Waals surface area contributed by atoms with Crippen LogP contribution in [0.25, 0.3) is 112 Å². The van der Waals surface area contributed by atoms with Gasteiger partial charge in [0.05, 0.1) is 0 Å². The first-order valence-corrected chi connectivity index (χ1v) is 21.8. The minimum atomic E-state index is -0.0943. The highest BCUT2D eigenvalue weighted by molar-refractivity contribution is 6.13. The molecule has 0 radical (unpaired) electrons. The second kappa shape index (κ2) is 15.0. The highest BCUT2D eigenvalue weighted by Gasteiger charge is 2.35. The lowest BCUT2D eigenvalue weighted by atomic mass is 9.81. The number of nitrogens with zero attached hydrogens (tertiary/aromatic N) is 3. The maximum absolute atomic E-state index is 6.99. The van der Waals surface area contributed by atoms with Crippen LogP contribution >= 0.6 is 0 Å². The molecule has 12 rings (SSSR count). The van der Waals surface area contributed by atoms with Gasteiger partial charge in [0.25, 0.3) is 0 Å². The first kappa shape index (κ1) is 37.5. The molecule has 0 bridgehead atoms. The van der Waals surface area contributed by atoms with Crippen LogP contribution in [0.5, 0.6) is 0 Å². The standard InChI is InChI=1S/C60H41N3O/c1-60(2)53-28-10-9-23-49(53)50-34-33-44(37-54(50)60)48-25-14-27-52-51-26-13-24-47(55(51)64-56(48)52)43-20-12-22-46(36-43)59-62-57(41-17-7-4-8-18-41)61-58(63-59)45-21-11-19-42(35-45)40-31-29-39(30-32-40)38-15-5-3-6-16-38/h3-37H,1-2H3. The molecule has 1 aliphatic rings. The summed E-state index contributed by atoms with van der Waals surface area (Å²) in [7, 11) is 0. The van der Waals surface area contributed by atoms with E-state index in [9.17, 15) is 0 Å². The van der Waals surface area contributed by atoms with Gasteiger partial charge >= 0.3 is 0 Å². The number of aromatic nitrogens is 3. The summed E-state index contributed by atoms with van der Waals surface area (Å²) in [6.07, 6.45) is 0. The summed E-state index contributed by atoms with van der Waals surface area (Å²) in [5.74, 6) is 1.83. The third kappa shape index (κ3) is 6.34. The second-order valence-electron chi connectivity index (χ2n) is 17.2. The van der Waals surface area contributed by atoms with Crippen molar-refractivity contribution in [1.82, 2.24) is 15.0 Å². The number of furan rings is 1. The monoisotopic (exact) mass is 819 g/mol. The van der Waals surface area contributed by atoms with Gasteiger partial charge in [0.15, 0.2) is 17.5 Å². The second-order valence-corrected chi connectivity index (χ2v) is 17.2. The molecule has 0 amide bonds. The highest BCUT2D eigenvalue weighted by Crippen LogP contribution is 2.50. The van der Waals surface area contributed by atoms with Crippen LogP contribution in [0, 0.1) is 0 Å². The highest BCUT2D eigenvalue weighted by atomic mass is 16.3. The van der Waals surface area contributed by atoms with Gasteiger partial charge in [-0.2, -0.15) is 0 Å². The SMILES string of the molecule is CC1(C)c2ccccc2-c2ccc(-c3cccc4c3oc3c(-c5cccc(-c6nc(-c7ccccc7)nc(-c7cccc(-c8ccc(-c9ccccc9)cc8)c7)n6)c5)cccc34)cc21. The van der Waals surface area contributed by atoms with E-state index < -0.39 is 0 Å². The van der Waals surface area contributed by atoms with Crippen molar-refractivity contribution in [3.8, 4) is 89.8 Å². The van der Waals surface area contributed by atoms with Gasteiger partial charge in [0.2, 0.25) is 0 Å². The fraction of sp³-hybridized carbons (Fsp3) is 0.0500. The molecule has 0 saturated carbocycles. The van der Waals surface area contributed by atoms with Crippen molar-refractivity contribution < 1.29 is 4.42 Å². The lowest BCUT2D eigenvalue weighted by Gasteiger charge is -2.22. The van der Waals surface area contributed by atoms with E-state index >= 15 is 0 Å². The molecule has 0 atom stereocenters. The van der Waals surface area contributed by atoms with Gasteiger partial charge in [0, 0.05) is 44.0 Å². The Hall–Kier alpha value is -8.21. The van der Waals surface area contributed by atoms with E-state index in [1.807, 2.05) is 36.4 Å². The van der Waals surface area contributed by atoms with Gasteiger partial charge in [-0.3, -0.25) is 0 Å². The Morgan fingerprint density at radius 1 is 0.297 bits per heavy atom. The minimum absolute atomic E-state index is 0.0943. The molecule has 0 saturated heterocycles. The van der Waals surface area contributed by atoms with E-state index in [0.29, 0.717) is 17.5 Å². The summed E-state index contributed by atoms with van der Waals surface area (Å²) in [5, 5.41) is 2.18. The van der Waals surface area contributed by atoms with Gasteiger partial charge in [-0.15, -0.1) is 0 Å². The minimum Gasteiger partial charge on any atom is -0.455 e. The molecule has 2 heterocycles. The van der Waals surface area contributed by atoms with Crippen molar-refractivity contribution in [1.29, 1.82) is 0 Å². The molecule has 0 spiro atoms. The predicted octanol–water partition coefficient (Wildman–Crippen LogP) is 15.7. The molecular weight excluding hydrogens is 779 g/mol. The Morgan fingerprint density at radius 2 is 0.703 bits per heavy atom. The smallest absolute Gasteiger partial charge is 0.164 e. The van der Waals surface area contributed by atoms with Gasteiger partial charge < -0.3 is 4.42 Å². The Labute approximate surface area is 372 Å². The summed E-state index contributed by atoms with van der Waals surface area (Å²) in [6.45, 7) is 4.66. The Balaban J connectivity index is 0.933. The number of rotatable bonds is 7. The fourth-order valence-electron chi connectivity index (χ4n) is 9.65. The van der Waals surface area contributed by atoms with Crippen molar-refractivity contribution in [2.24, 2.45) is 0 Å². The molecular formula is C60H41N3O. The van der Waals surface area contributed by atoms with E-state index in [4.69, 9.17) is 19.4 Å². The summed E-state index contributed by atoms with van der Waals surface area (Å²) in [5.41, 5.74) is 18.6. The van der Waals surface area contributed by atoms with E-state index in [-0.39, 0.29) is 5.41 Å². The van der Waals surface area contributed by atoms with Crippen LogP contribution in [0.1, 0.15) is 25.0 Å². The zero-order valence-electron chi connectivity index (χ0n) is 35.5. The Bertz CT molecular complexity index is 3570. The quantitative estimate of drug-likeness (QED) is 0.161. The molecule has 2 aromatic heterocycles. The molecule has 11 aromatic rings. The fourth-order valence-corrected chi connectivity index (χ4v) is 9.65. The number of fused-ring (bicyclic) bond motifs is 6. The van der Waals surface area contributed by atoms with Crippen molar-refractivity contribution in [3.05, 3.63) is 223 Å². The molecule has 302 valence electrons. The average molecular weight is 820 g/mol. The van der Waals surface area contributed by atoms with E-state index in [2.05, 4.69) is 190 Å². The zero-order chi connectivity index (χ0) is 42.8. The predicted molar refractivity (Wildman–Crippen MR) is 263 cm³/mol. The number of para-hydroxylation sites is 2. The van der Waals surface area contributed by atoms with Crippen LogP contribution in [-0.2, 0) is 5.41 Å².